The second kappa shape index (κ2) is 11.4. The number of nitrogens with zero attached hydrogens (tertiary/aromatic N) is 3. The summed E-state index contributed by atoms with van der Waals surface area (Å²) in [7, 11) is 0. The Morgan fingerprint density at radius 3 is 1.92 bits per heavy atom. The van der Waals surface area contributed by atoms with Gasteiger partial charge in [0, 0.05) is 61.8 Å². The average molecular weight is 642 g/mol. The Hall–Kier alpha value is -6.85. The Bertz CT molecular complexity index is 2870. The monoisotopic (exact) mass is 641 g/mol. The molecule has 0 radical (unpaired) electrons. The molecule has 4 heterocycles. The largest absolute Gasteiger partial charge is 0.456 e. The smallest absolute Gasteiger partial charge is 0.161 e. The third kappa shape index (κ3) is 4.60. The first-order valence-corrected chi connectivity index (χ1v) is 16.6. The minimum Gasteiger partial charge on any atom is -0.456 e. The molecule has 0 spiro atoms. The summed E-state index contributed by atoms with van der Waals surface area (Å²) in [6.07, 6.45) is 3.67. The van der Waals surface area contributed by atoms with E-state index in [-0.39, 0.29) is 0 Å². The number of rotatable bonds is 5. The highest BCUT2D eigenvalue weighted by Crippen LogP contribution is 2.43. The Kier molecular flexibility index (Phi) is 6.42. The van der Waals surface area contributed by atoms with Gasteiger partial charge in [0.2, 0.25) is 0 Å². The molecule has 0 aliphatic carbocycles. The number of hydrogen-bond donors (Lipinski definition) is 0. The maximum absolute atomic E-state index is 6.71. The van der Waals surface area contributed by atoms with Crippen molar-refractivity contribution < 1.29 is 8.83 Å². The van der Waals surface area contributed by atoms with Crippen molar-refractivity contribution >= 4 is 43.9 Å². The molecule has 10 rings (SSSR count). The third-order valence-electron chi connectivity index (χ3n) is 9.43. The molecular weight excluding hydrogens is 615 g/mol. The number of hydrogen-bond acceptors (Lipinski definition) is 5. The van der Waals surface area contributed by atoms with Gasteiger partial charge in [0.15, 0.2) is 5.82 Å². The fourth-order valence-electron chi connectivity index (χ4n) is 7.08. The lowest BCUT2D eigenvalue weighted by Gasteiger charge is -2.13. The number of para-hydroxylation sites is 2. The van der Waals surface area contributed by atoms with Crippen LogP contribution in [-0.4, -0.2) is 15.0 Å². The van der Waals surface area contributed by atoms with Crippen LogP contribution in [0.2, 0.25) is 0 Å². The van der Waals surface area contributed by atoms with E-state index in [1.54, 1.807) is 6.20 Å². The van der Waals surface area contributed by atoms with Crippen molar-refractivity contribution in [3.63, 3.8) is 0 Å². The van der Waals surface area contributed by atoms with Gasteiger partial charge in [-0.05, 0) is 53.6 Å². The van der Waals surface area contributed by atoms with Crippen LogP contribution in [0.3, 0.4) is 0 Å². The molecule has 0 saturated heterocycles. The van der Waals surface area contributed by atoms with E-state index < -0.39 is 0 Å². The van der Waals surface area contributed by atoms with Gasteiger partial charge in [-0.1, -0.05) is 109 Å². The van der Waals surface area contributed by atoms with Crippen molar-refractivity contribution in [2.75, 3.05) is 0 Å². The molecule has 0 aliphatic rings. The summed E-state index contributed by atoms with van der Waals surface area (Å²) >= 11 is 0. The molecule has 0 amide bonds. The fraction of sp³-hybridized carbons (Fsp3) is 0. The van der Waals surface area contributed by atoms with E-state index in [1.165, 1.54) is 0 Å². The van der Waals surface area contributed by atoms with Gasteiger partial charge >= 0.3 is 0 Å². The van der Waals surface area contributed by atoms with Crippen LogP contribution in [0.5, 0.6) is 0 Å². The first-order valence-electron chi connectivity index (χ1n) is 16.6. The van der Waals surface area contributed by atoms with E-state index >= 15 is 0 Å². The van der Waals surface area contributed by atoms with Crippen molar-refractivity contribution in [3.05, 3.63) is 164 Å². The molecule has 0 N–H and O–H groups in total. The summed E-state index contributed by atoms with van der Waals surface area (Å²) in [5.41, 5.74) is 12.0. The summed E-state index contributed by atoms with van der Waals surface area (Å²) < 4.78 is 12.9. The molecule has 0 atom stereocenters. The van der Waals surface area contributed by atoms with Crippen LogP contribution in [0.25, 0.3) is 100 Å². The molecular formula is C45H27N3O2. The van der Waals surface area contributed by atoms with Crippen molar-refractivity contribution in [2.24, 2.45) is 0 Å². The maximum atomic E-state index is 6.71. The van der Waals surface area contributed by atoms with Crippen LogP contribution >= 0.6 is 0 Å². The highest BCUT2D eigenvalue weighted by atomic mass is 16.3. The van der Waals surface area contributed by atoms with Gasteiger partial charge in [-0.3, -0.25) is 4.98 Å². The van der Waals surface area contributed by atoms with Crippen LogP contribution < -0.4 is 0 Å². The van der Waals surface area contributed by atoms with Gasteiger partial charge in [0.1, 0.15) is 22.3 Å². The molecule has 50 heavy (non-hydrogen) atoms. The van der Waals surface area contributed by atoms with Crippen LogP contribution in [0, 0.1) is 0 Å². The Balaban J connectivity index is 1.23. The second-order valence-corrected chi connectivity index (χ2v) is 12.4. The minimum absolute atomic E-state index is 0.642. The zero-order valence-corrected chi connectivity index (χ0v) is 26.7. The molecule has 4 aromatic heterocycles. The van der Waals surface area contributed by atoms with Crippen LogP contribution in [0.4, 0.5) is 0 Å². The SMILES string of the molecule is c1ccc(-c2cc(-c3ccc(-c4ccc5oc6ccccc6c5c4)c4oc5ccccc5c34)nc(-c3ccccc3-c3cccnc3)n2)cc1. The Morgan fingerprint density at radius 2 is 1.08 bits per heavy atom. The molecule has 234 valence electrons. The van der Waals surface area contributed by atoms with E-state index in [2.05, 4.69) is 89.9 Å². The number of aromatic nitrogens is 3. The lowest BCUT2D eigenvalue weighted by atomic mass is 9.95. The van der Waals surface area contributed by atoms with Crippen LogP contribution in [0.1, 0.15) is 0 Å². The number of pyridine rings is 1. The number of furan rings is 2. The zero-order chi connectivity index (χ0) is 33.0. The Morgan fingerprint density at radius 1 is 0.400 bits per heavy atom. The highest BCUT2D eigenvalue weighted by molar-refractivity contribution is 6.17. The molecule has 0 bridgehead atoms. The summed E-state index contributed by atoms with van der Waals surface area (Å²) in [6.45, 7) is 0. The first kappa shape index (κ1) is 28.2. The van der Waals surface area contributed by atoms with Gasteiger partial charge in [0.05, 0.1) is 11.4 Å². The fourth-order valence-corrected chi connectivity index (χ4v) is 7.08. The van der Waals surface area contributed by atoms with Crippen LogP contribution in [0.15, 0.2) is 173 Å². The highest BCUT2D eigenvalue weighted by Gasteiger charge is 2.21. The third-order valence-corrected chi connectivity index (χ3v) is 9.43. The van der Waals surface area contributed by atoms with E-state index in [0.29, 0.717) is 5.82 Å². The molecule has 0 aliphatic heterocycles. The van der Waals surface area contributed by atoms with Gasteiger partial charge in [0.25, 0.3) is 0 Å². The van der Waals surface area contributed by atoms with Gasteiger partial charge < -0.3 is 8.83 Å². The van der Waals surface area contributed by atoms with E-state index in [4.69, 9.17) is 18.8 Å². The summed E-state index contributed by atoms with van der Waals surface area (Å²) in [4.78, 5) is 14.9. The van der Waals surface area contributed by atoms with E-state index in [9.17, 15) is 0 Å². The molecule has 0 fully saturated rings. The zero-order valence-electron chi connectivity index (χ0n) is 26.7. The first-order chi connectivity index (χ1) is 24.8. The molecule has 10 aromatic rings. The second-order valence-electron chi connectivity index (χ2n) is 12.4. The lowest BCUT2D eigenvalue weighted by Crippen LogP contribution is -1.98. The molecule has 5 heteroatoms. The minimum atomic E-state index is 0.642. The molecule has 0 saturated carbocycles. The van der Waals surface area contributed by atoms with Gasteiger partial charge in [-0.2, -0.15) is 0 Å². The van der Waals surface area contributed by atoms with Crippen molar-refractivity contribution in [3.8, 4) is 56.2 Å². The number of benzene rings is 6. The van der Waals surface area contributed by atoms with Crippen molar-refractivity contribution in [1.29, 1.82) is 0 Å². The average Bonchev–Trinajstić information content (AvgIpc) is 3.77. The predicted octanol–water partition coefficient (Wildman–Crippen LogP) is 12.0. The Labute approximate surface area is 287 Å². The molecule has 5 nitrogen and oxygen atoms in total. The lowest BCUT2D eigenvalue weighted by molar-refractivity contribution is 0.668. The summed E-state index contributed by atoms with van der Waals surface area (Å²) in [6, 6.07) is 51.7. The van der Waals surface area contributed by atoms with Crippen molar-refractivity contribution in [2.45, 2.75) is 0 Å². The van der Waals surface area contributed by atoms with E-state index in [0.717, 1.165) is 94.2 Å². The normalized spacial score (nSPS) is 11.6. The molecule has 0 unspecified atom stereocenters. The molecule has 6 aromatic carbocycles. The predicted molar refractivity (Wildman–Crippen MR) is 202 cm³/mol. The van der Waals surface area contributed by atoms with Crippen LogP contribution in [-0.2, 0) is 0 Å². The van der Waals surface area contributed by atoms with Gasteiger partial charge in [-0.15, -0.1) is 0 Å². The standard InChI is InChI=1S/C45H27N3O2/c1-2-11-28(12-3-1)38-26-39(48-45(47-38)34-16-5-4-14-31(34)30-13-10-24-46-27-30)35-22-21-32(44-43(35)36-17-7-9-19-41(36)50-44)29-20-23-42-37(25-29)33-15-6-8-18-40(33)49-42/h1-27H. The van der Waals surface area contributed by atoms with Gasteiger partial charge in [-0.25, -0.2) is 9.97 Å². The summed E-state index contributed by atoms with van der Waals surface area (Å²) in [5, 5.41) is 4.22. The van der Waals surface area contributed by atoms with E-state index in [1.807, 2.05) is 72.9 Å². The van der Waals surface area contributed by atoms with Crippen molar-refractivity contribution in [1.82, 2.24) is 15.0 Å². The summed E-state index contributed by atoms with van der Waals surface area (Å²) in [5.74, 6) is 0.642. The topological polar surface area (TPSA) is 65.0 Å². The number of fused-ring (bicyclic) bond motifs is 6. The quantitative estimate of drug-likeness (QED) is 0.187. The maximum Gasteiger partial charge on any atom is 0.161 e.